The fourth-order valence-electron chi connectivity index (χ4n) is 5.97. The molecule has 1 aromatic carbocycles. The summed E-state index contributed by atoms with van der Waals surface area (Å²) in [6.45, 7) is 20.8. The summed E-state index contributed by atoms with van der Waals surface area (Å²) in [7, 11) is 0. The first-order valence-electron chi connectivity index (χ1n) is 15.9. The molecule has 0 radical (unpaired) electrons. The number of β-amino-alcohol motifs (C(OH)–C–C–N with tert-alkyl or cyclic N) is 1. The van der Waals surface area contributed by atoms with Gasteiger partial charge in [0, 0.05) is 57.9 Å². The average Bonchev–Trinajstić information content (AvgIpc) is 3.57. The second-order valence-corrected chi connectivity index (χ2v) is 12.8. The lowest BCUT2D eigenvalue weighted by Crippen LogP contribution is -2.46. The van der Waals surface area contributed by atoms with E-state index < -0.39 is 0 Å². The SMILES string of the molecule is CC(C)CCN(CCC(C)C)C(=O)c1ccc2nc(CN3CCN(CCO)CC3)n(CCCN3CCCC3)c2c1. The number of likely N-dealkylation sites (tertiary alicyclic amines) is 1. The van der Waals surface area contributed by atoms with Crippen LogP contribution in [0.5, 0.6) is 0 Å². The number of hydrogen-bond acceptors (Lipinski definition) is 6. The Morgan fingerprint density at radius 1 is 0.875 bits per heavy atom. The molecule has 0 saturated carbocycles. The van der Waals surface area contributed by atoms with Gasteiger partial charge < -0.3 is 19.5 Å². The lowest BCUT2D eigenvalue weighted by molar-refractivity contribution is 0.0741. The fourth-order valence-corrected chi connectivity index (χ4v) is 5.97. The Morgan fingerprint density at radius 3 is 2.12 bits per heavy atom. The van der Waals surface area contributed by atoms with Gasteiger partial charge in [-0.05, 0) is 81.8 Å². The number of fused-ring (bicyclic) bond motifs is 1. The molecule has 0 aliphatic carbocycles. The highest BCUT2D eigenvalue weighted by Crippen LogP contribution is 2.22. The number of imidazole rings is 1. The minimum absolute atomic E-state index is 0.148. The van der Waals surface area contributed by atoms with Crippen LogP contribution in [-0.2, 0) is 13.1 Å². The lowest BCUT2D eigenvalue weighted by Gasteiger charge is -2.34. The van der Waals surface area contributed by atoms with Crippen LogP contribution in [0.1, 0.15) is 76.0 Å². The maximum absolute atomic E-state index is 13.8. The van der Waals surface area contributed by atoms with Crippen LogP contribution in [0.3, 0.4) is 0 Å². The van der Waals surface area contributed by atoms with Gasteiger partial charge in [-0.3, -0.25) is 14.6 Å². The van der Waals surface area contributed by atoms with Crippen LogP contribution in [0.15, 0.2) is 18.2 Å². The molecule has 224 valence electrons. The van der Waals surface area contributed by atoms with E-state index in [1.165, 1.54) is 25.9 Å². The Kier molecular flexibility index (Phi) is 11.8. The summed E-state index contributed by atoms with van der Waals surface area (Å²) in [5.41, 5.74) is 2.86. The van der Waals surface area contributed by atoms with Crippen molar-refractivity contribution >= 4 is 16.9 Å². The van der Waals surface area contributed by atoms with Gasteiger partial charge in [-0.25, -0.2) is 4.98 Å². The summed E-state index contributed by atoms with van der Waals surface area (Å²) in [5.74, 6) is 2.39. The van der Waals surface area contributed by atoms with Crippen molar-refractivity contribution in [1.82, 2.24) is 29.2 Å². The van der Waals surface area contributed by atoms with Crippen molar-refractivity contribution in [3.8, 4) is 0 Å². The lowest BCUT2D eigenvalue weighted by atomic mass is 10.1. The van der Waals surface area contributed by atoms with E-state index in [0.29, 0.717) is 11.8 Å². The van der Waals surface area contributed by atoms with E-state index in [9.17, 15) is 9.90 Å². The van der Waals surface area contributed by atoms with Crippen molar-refractivity contribution in [2.24, 2.45) is 11.8 Å². The molecule has 1 N–H and O–H groups in total. The number of benzene rings is 1. The molecule has 4 rings (SSSR count). The van der Waals surface area contributed by atoms with Crippen LogP contribution in [0.4, 0.5) is 0 Å². The van der Waals surface area contributed by atoms with Crippen LogP contribution in [-0.4, -0.2) is 112 Å². The van der Waals surface area contributed by atoms with Crippen molar-refractivity contribution in [3.05, 3.63) is 29.6 Å². The molecule has 2 aliphatic rings. The number of nitrogens with zero attached hydrogens (tertiary/aromatic N) is 6. The normalized spacial score (nSPS) is 17.6. The van der Waals surface area contributed by atoms with Crippen molar-refractivity contribution in [2.45, 2.75) is 72.9 Å². The van der Waals surface area contributed by atoms with E-state index in [2.05, 4.69) is 64.0 Å². The van der Waals surface area contributed by atoms with Gasteiger partial charge in [-0.1, -0.05) is 27.7 Å². The van der Waals surface area contributed by atoms with E-state index >= 15 is 0 Å². The predicted octanol–water partition coefficient (Wildman–Crippen LogP) is 4.17. The molecule has 0 atom stereocenters. The minimum Gasteiger partial charge on any atom is -0.395 e. The molecule has 0 spiro atoms. The fraction of sp³-hybridized carbons (Fsp3) is 0.750. The number of aromatic nitrogens is 2. The maximum atomic E-state index is 13.8. The number of hydrogen-bond donors (Lipinski definition) is 1. The summed E-state index contributed by atoms with van der Waals surface area (Å²) in [6.07, 6.45) is 5.77. The quantitative estimate of drug-likeness (QED) is 0.357. The summed E-state index contributed by atoms with van der Waals surface area (Å²) in [4.78, 5) is 28.4. The minimum atomic E-state index is 0.148. The Bertz CT molecular complexity index is 1040. The van der Waals surface area contributed by atoms with Gasteiger partial charge in [0.05, 0.1) is 24.2 Å². The van der Waals surface area contributed by atoms with Gasteiger partial charge in [-0.15, -0.1) is 0 Å². The van der Waals surface area contributed by atoms with E-state index in [4.69, 9.17) is 4.98 Å². The summed E-state index contributed by atoms with van der Waals surface area (Å²) < 4.78 is 2.40. The first kappa shape index (κ1) is 30.9. The molecule has 1 aromatic heterocycles. The predicted molar refractivity (Wildman–Crippen MR) is 164 cm³/mol. The Morgan fingerprint density at radius 2 is 1.50 bits per heavy atom. The molecule has 2 aromatic rings. The number of aryl methyl sites for hydroxylation is 1. The smallest absolute Gasteiger partial charge is 0.253 e. The van der Waals surface area contributed by atoms with Crippen LogP contribution in [0, 0.1) is 11.8 Å². The second-order valence-electron chi connectivity index (χ2n) is 12.8. The molecule has 40 heavy (non-hydrogen) atoms. The molecular weight excluding hydrogens is 500 g/mol. The zero-order chi connectivity index (χ0) is 28.5. The molecule has 8 heteroatoms. The first-order valence-corrected chi connectivity index (χ1v) is 15.9. The van der Waals surface area contributed by atoms with Gasteiger partial charge in [0.2, 0.25) is 0 Å². The molecule has 2 fully saturated rings. The number of piperazine rings is 1. The van der Waals surface area contributed by atoms with E-state index in [0.717, 1.165) is 107 Å². The average molecular weight is 555 g/mol. The van der Waals surface area contributed by atoms with E-state index in [1.807, 2.05) is 6.07 Å². The molecular formula is C32H54N6O2. The summed E-state index contributed by atoms with van der Waals surface area (Å²) >= 11 is 0. The van der Waals surface area contributed by atoms with Gasteiger partial charge in [-0.2, -0.15) is 0 Å². The zero-order valence-corrected chi connectivity index (χ0v) is 25.7. The van der Waals surface area contributed by atoms with E-state index in [1.54, 1.807) is 0 Å². The third-order valence-electron chi connectivity index (χ3n) is 8.62. The van der Waals surface area contributed by atoms with Crippen LogP contribution >= 0.6 is 0 Å². The Labute approximate surface area is 242 Å². The third kappa shape index (κ3) is 8.75. The molecule has 8 nitrogen and oxygen atoms in total. The number of aliphatic hydroxyl groups excluding tert-OH is 1. The highest BCUT2D eigenvalue weighted by atomic mass is 16.3. The first-order chi connectivity index (χ1) is 19.3. The van der Waals surface area contributed by atoms with Gasteiger partial charge in [0.1, 0.15) is 5.82 Å². The monoisotopic (exact) mass is 554 g/mol. The Balaban J connectivity index is 1.55. The third-order valence-corrected chi connectivity index (χ3v) is 8.62. The molecule has 0 bridgehead atoms. The highest BCUT2D eigenvalue weighted by molar-refractivity contribution is 5.97. The van der Waals surface area contributed by atoms with Crippen molar-refractivity contribution in [3.63, 3.8) is 0 Å². The standard InChI is InChI=1S/C32H54N6O2/c1-26(2)10-16-37(17-11-27(3)4)32(40)28-8-9-29-30(24-28)38(15-7-14-34-12-5-6-13-34)31(33-29)25-36-20-18-35(19-21-36)22-23-39/h8-9,24,26-27,39H,5-7,10-23,25H2,1-4H3. The highest BCUT2D eigenvalue weighted by Gasteiger charge is 2.22. The molecule has 0 unspecified atom stereocenters. The maximum Gasteiger partial charge on any atom is 0.253 e. The van der Waals surface area contributed by atoms with Crippen LogP contribution in [0.2, 0.25) is 0 Å². The number of rotatable bonds is 15. The van der Waals surface area contributed by atoms with Gasteiger partial charge in [0.25, 0.3) is 5.91 Å². The molecule has 3 heterocycles. The number of carbonyl (C=O) groups is 1. The summed E-state index contributed by atoms with van der Waals surface area (Å²) in [5, 5.41) is 9.30. The Hall–Kier alpha value is -2.00. The van der Waals surface area contributed by atoms with Crippen LogP contribution in [0.25, 0.3) is 11.0 Å². The number of aliphatic hydroxyl groups is 1. The summed E-state index contributed by atoms with van der Waals surface area (Å²) in [6, 6.07) is 6.16. The number of amides is 1. The number of carbonyl (C=O) groups excluding carboxylic acids is 1. The van der Waals surface area contributed by atoms with Gasteiger partial charge in [0.15, 0.2) is 0 Å². The van der Waals surface area contributed by atoms with Gasteiger partial charge >= 0.3 is 0 Å². The van der Waals surface area contributed by atoms with Crippen molar-refractivity contribution < 1.29 is 9.90 Å². The van der Waals surface area contributed by atoms with Crippen molar-refractivity contribution in [1.29, 1.82) is 0 Å². The zero-order valence-electron chi connectivity index (χ0n) is 25.7. The second kappa shape index (κ2) is 15.3. The molecule has 2 saturated heterocycles. The molecule has 2 aliphatic heterocycles. The topological polar surface area (TPSA) is 68.1 Å². The van der Waals surface area contributed by atoms with Crippen LogP contribution < -0.4 is 0 Å². The molecule has 1 amide bonds. The van der Waals surface area contributed by atoms with Crippen molar-refractivity contribution in [2.75, 3.05) is 72.1 Å². The van der Waals surface area contributed by atoms with E-state index in [-0.39, 0.29) is 12.5 Å². The largest absolute Gasteiger partial charge is 0.395 e.